The third-order valence-electron chi connectivity index (χ3n) is 6.69. The zero-order valence-corrected chi connectivity index (χ0v) is 23.9. The van der Waals surface area contributed by atoms with Gasteiger partial charge in [0.15, 0.2) is 11.5 Å². The SMILES string of the molecule is CCOc1cc(/C=N/Nc2nc(N3CCCC3)nc(N3CCCC3)n2)cc(Cl)c1OCCOc1cccc(C)c1. The van der Waals surface area contributed by atoms with Crippen LogP contribution in [0.4, 0.5) is 17.8 Å². The Balaban J connectivity index is 1.25. The maximum atomic E-state index is 6.60. The van der Waals surface area contributed by atoms with Crippen molar-refractivity contribution in [1.82, 2.24) is 15.0 Å². The van der Waals surface area contributed by atoms with Crippen LogP contribution < -0.4 is 29.4 Å². The Morgan fingerprint density at radius 2 is 1.57 bits per heavy atom. The molecule has 10 nitrogen and oxygen atoms in total. The number of hydrazone groups is 1. The van der Waals surface area contributed by atoms with Crippen LogP contribution in [0.15, 0.2) is 41.5 Å². The van der Waals surface area contributed by atoms with Crippen molar-refractivity contribution >= 4 is 35.7 Å². The summed E-state index contributed by atoms with van der Waals surface area (Å²) >= 11 is 6.60. The van der Waals surface area contributed by atoms with Crippen LogP contribution in [-0.4, -0.2) is 67.2 Å². The smallest absolute Gasteiger partial charge is 0.250 e. The monoisotopic (exact) mass is 565 g/mol. The standard InChI is InChI=1S/C29H36ClN7O3/c1-3-38-25-19-22(18-24(30)26(25)40-16-15-39-23-10-8-9-21(2)17-23)20-31-35-27-32-28(36-11-4-5-12-36)34-29(33-27)37-13-6-7-14-37/h8-10,17-20H,3-7,11-16H2,1-2H3,(H,32,33,34,35)/b31-20+. The number of aryl methyl sites for hydroxylation is 1. The largest absolute Gasteiger partial charge is 0.490 e. The second kappa shape index (κ2) is 13.5. The molecule has 0 saturated carbocycles. The molecule has 2 aliphatic heterocycles. The summed E-state index contributed by atoms with van der Waals surface area (Å²) in [7, 11) is 0. The van der Waals surface area contributed by atoms with Crippen LogP contribution >= 0.6 is 11.6 Å². The molecule has 1 N–H and O–H groups in total. The number of hydrogen-bond donors (Lipinski definition) is 1. The minimum absolute atomic E-state index is 0.320. The summed E-state index contributed by atoms with van der Waals surface area (Å²) in [4.78, 5) is 18.4. The van der Waals surface area contributed by atoms with Gasteiger partial charge >= 0.3 is 0 Å². The fourth-order valence-corrected chi connectivity index (χ4v) is 5.03. The van der Waals surface area contributed by atoms with E-state index < -0.39 is 0 Å². The van der Waals surface area contributed by atoms with Gasteiger partial charge in [0.1, 0.15) is 19.0 Å². The van der Waals surface area contributed by atoms with Crippen LogP contribution in [0.25, 0.3) is 0 Å². The highest BCUT2D eigenvalue weighted by atomic mass is 35.5. The van der Waals surface area contributed by atoms with Gasteiger partial charge in [-0.1, -0.05) is 23.7 Å². The summed E-state index contributed by atoms with van der Waals surface area (Å²) in [5, 5.41) is 4.82. The predicted octanol–water partition coefficient (Wildman–Crippen LogP) is 5.34. The minimum atomic E-state index is 0.320. The molecule has 0 radical (unpaired) electrons. The second-order valence-corrected chi connectivity index (χ2v) is 10.2. The van der Waals surface area contributed by atoms with Gasteiger partial charge in [-0.3, -0.25) is 0 Å². The number of rotatable bonds is 12. The van der Waals surface area contributed by atoms with Crippen LogP contribution in [0.2, 0.25) is 5.02 Å². The van der Waals surface area contributed by atoms with Crippen molar-refractivity contribution in [1.29, 1.82) is 0 Å². The van der Waals surface area contributed by atoms with Crippen molar-refractivity contribution in [3.8, 4) is 17.2 Å². The van der Waals surface area contributed by atoms with E-state index in [2.05, 4.69) is 30.3 Å². The number of anilines is 3. The average molecular weight is 566 g/mol. The van der Waals surface area contributed by atoms with Gasteiger partial charge < -0.3 is 24.0 Å². The highest BCUT2D eigenvalue weighted by Crippen LogP contribution is 2.36. The quantitative estimate of drug-likeness (QED) is 0.177. The maximum Gasteiger partial charge on any atom is 0.250 e. The van der Waals surface area contributed by atoms with Gasteiger partial charge in [-0.25, -0.2) is 5.43 Å². The predicted molar refractivity (Wildman–Crippen MR) is 159 cm³/mol. The Morgan fingerprint density at radius 1 is 0.900 bits per heavy atom. The zero-order chi connectivity index (χ0) is 27.7. The summed E-state index contributed by atoms with van der Waals surface area (Å²) in [6.07, 6.45) is 6.25. The molecule has 0 bridgehead atoms. The molecule has 2 saturated heterocycles. The topological polar surface area (TPSA) is 97.2 Å². The average Bonchev–Trinajstić information content (AvgIpc) is 3.68. The van der Waals surface area contributed by atoms with E-state index in [1.54, 1.807) is 12.3 Å². The highest BCUT2D eigenvalue weighted by Gasteiger charge is 2.21. The molecule has 0 unspecified atom stereocenters. The van der Waals surface area contributed by atoms with Crippen molar-refractivity contribution < 1.29 is 14.2 Å². The Bertz CT molecular complexity index is 1280. The normalized spacial score (nSPS) is 15.2. The van der Waals surface area contributed by atoms with Crippen molar-refractivity contribution in [3.05, 3.63) is 52.5 Å². The lowest BCUT2D eigenvalue weighted by Crippen LogP contribution is -2.25. The fourth-order valence-electron chi connectivity index (χ4n) is 4.76. The van der Waals surface area contributed by atoms with Crippen LogP contribution in [-0.2, 0) is 0 Å². The highest BCUT2D eigenvalue weighted by molar-refractivity contribution is 6.32. The zero-order valence-electron chi connectivity index (χ0n) is 23.1. The van der Waals surface area contributed by atoms with E-state index in [-0.39, 0.29) is 0 Å². The summed E-state index contributed by atoms with van der Waals surface area (Å²) in [6, 6.07) is 11.5. The van der Waals surface area contributed by atoms with Crippen LogP contribution in [0.1, 0.15) is 43.7 Å². The van der Waals surface area contributed by atoms with Gasteiger partial charge in [0.25, 0.3) is 0 Å². The van der Waals surface area contributed by atoms with Crippen LogP contribution in [0.3, 0.4) is 0 Å². The van der Waals surface area contributed by atoms with Crippen LogP contribution in [0, 0.1) is 6.92 Å². The van der Waals surface area contributed by atoms with E-state index >= 15 is 0 Å². The van der Waals surface area contributed by atoms with Gasteiger partial charge in [-0.2, -0.15) is 20.1 Å². The molecule has 2 fully saturated rings. The fraction of sp³-hybridized carbons (Fsp3) is 0.448. The number of ether oxygens (including phenoxy) is 3. The first-order valence-corrected chi connectivity index (χ1v) is 14.3. The number of nitrogens with one attached hydrogen (secondary N) is 1. The Morgan fingerprint density at radius 3 is 2.23 bits per heavy atom. The molecule has 0 aliphatic carbocycles. The van der Waals surface area contributed by atoms with E-state index in [9.17, 15) is 0 Å². The van der Waals surface area contributed by atoms with Gasteiger partial charge in [-0.15, -0.1) is 0 Å². The molecule has 2 aliphatic rings. The Kier molecular flexibility index (Phi) is 9.38. The molecule has 2 aromatic carbocycles. The van der Waals surface area contributed by atoms with Gasteiger partial charge in [0, 0.05) is 26.2 Å². The van der Waals surface area contributed by atoms with Gasteiger partial charge in [0.05, 0.1) is 17.8 Å². The molecule has 0 atom stereocenters. The molecular formula is C29H36ClN7O3. The lowest BCUT2D eigenvalue weighted by atomic mass is 10.2. The molecule has 3 aromatic rings. The lowest BCUT2D eigenvalue weighted by Gasteiger charge is -2.20. The molecule has 3 heterocycles. The first-order chi connectivity index (χ1) is 19.6. The third kappa shape index (κ3) is 7.24. The minimum Gasteiger partial charge on any atom is -0.490 e. The van der Waals surface area contributed by atoms with Crippen molar-refractivity contribution in [3.63, 3.8) is 0 Å². The van der Waals surface area contributed by atoms with E-state index in [1.807, 2.05) is 44.2 Å². The summed E-state index contributed by atoms with van der Waals surface area (Å²) in [5.74, 6) is 3.63. The van der Waals surface area contributed by atoms with E-state index in [1.165, 1.54) is 0 Å². The molecule has 0 amide bonds. The number of halogens is 1. The molecule has 0 spiro atoms. The molecule has 1 aromatic heterocycles. The van der Waals surface area contributed by atoms with Gasteiger partial charge in [-0.05, 0) is 74.9 Å². The van der Waals surface area contributed by atoms with Gasteiger partial charge in [0.2, 0.25) is 17.8 Å². The summed E-state index contributed by atoms with van der Waals surface area (Å²) < 4.78 is 17.6. The Hall–Kier alpha value is -3.79. The summed E-state index contributed by atoms with van der Waals surface area (Å²) in [5.41, 5.74) is 4.88. The molecular weight excluding hydrogens is 530 g/mol. The number of hydrogen-bond acceptors (Lipinski definition) is 10. The maximum absolute atomic E-state index is 6.60. The first kappa shape index (κ1) is 27.8. The molecule has 212 valence electrons. The molecule has 11 heteroatoms. The number of aromatic nitrogens is 3. The summed E-state index contributed by atoms with van der Waals surface area (Å²) in [6.45, 7) is 8.93. The first-order valence-electron chi connectivity index (χ1n) is 13.9. The third-order valence-corrected chi connectivity index (χ3v) is 6.97. The number of benzene rings is 2. The molecule has 40 heavy (non-hydrogen) atoms. The van der Waals surface area contributed by atoms with E-state index in [0.29, 0.717) is 54.2 Å². The lowest BCUT2D eigenvalue weighted by molar-refractivity contribution is 0.208. The number of nitrogens with zero attached hydrogens (tertiary/aromatic N) is 6. The van der Waals surface area contributed by atoms with Crippen molar-refractivity contribution in [2.75, 3.05) is 61.2 Å². The van der Waals surface area contributed by atoms with Crippen molar-refractivity contribution in [2.24, 2.45) is 5.10 Å². The Labute approximate surface area is 240 Å². The van der Waals surface area contributed by atoms with Crippen molar-refractivity contribution in [2.45, 2.75) is 39.5 Å². The second-order valence-electron chi connectivity index (χ2n) is 9.79. The molecule has 5 rings (SSSR count). The van der Waals surface area contributed by atoms with E-state index in [4.69, 9.17) is 30.8 Å². The van der Waals surface area contributed by atoms with Crippen LogP contribution in [0.5, 0.6) is 17.2 Å². The van der Waals surface area contributed by atoms with E-state index in [0.717, 1.165) is 68.7 Å².